The van der Waals surface area contributed by atoms with E-state index < -0.39 is 21.9 Å². The van der Waals surface area contributed by atoms with E-state index >= 15 is 0 Å². The van der Waals surface area contributed by atoms with Gasteiger partial charge in [-0.1, -0.05) is 26.0 Å². The summed E-state index contributed by atoms with van der Waals surface area (Å²) in [6.07, 6.45) is 1.28. The van der Waals surface area contributed by atoms with Crippen LogP contribution in [0.5, 0.6) is 5.75 Å². The Morgan fingerprint density at radius 3 is 2.32 bits per heavy atom. The van der Waals surface area contributed by atoms with Crippen molar-refractivity contribution < 1.29 is 27.5 Å². The van der Waals surface area contributed by atoms with Crippen LogP contribution in [0.25, 0.3) is 0 Å². The molecule has 0 aliphatic carbocycles. The number of amides is 1. The van der Waals surface area contributed by atoms with Gasteiger partial charge in [0.1, 0.15) is 5.75 Å². The van der Waals surface area contributed by atoms with Crippen molar-refractivity contribution in [3.05, 3.63) is 60.3 Å². The Morgan fingerprint density at radius 1 is 1.03 bits per heavy atom. The zero-order valence-corrected chi connectivity index (χ0v) is 22.2. The monoisotopic (exact) mass is 528 g/mol. The molecule has 3 rings (SSSR count). The Labute approximate surface area is 217 Å². The van der Waals surface area contributed by atoms with Crippen molar-refractivity contribution in [3.8, 4) is 5.75 Å². The number of ether oxygens (including phenoxy) is 2. The van der Waals surface area contributed by atoms with E-state index in [1.54, 1.807) is 32.9 Å². The first-order valence-electron chi connectivity index (χ1n) is 12.1. The molecule has 1 amide bonds. The number of nitrogens with zero attached hydrogens (tertiary/aromatic N) is 3. The highest BCUT2D eigenvalue weighted by Crippen LogP contribution is 2.29. The summed E-state index contributed by atoms with van der Waals surface area (Å²) in [4.78, 5) is 25.7. The minimum atomic E-state index is -3.65. The van der Waals surface area contributed by atoms with Crippen LogP contribution in [0, 0.1) is 0 Å². The molecule has 37 heavy (non-hydrogen) atoms. The lowest BCUT2D eigenvalue weighted by Gasteiger charge is -2.19. The van der Waals surface area contributed by atoms with Crippen LogP contribution < -0.4 is 15.1 Å². The summed E-state index contributed by atoms with van der Waals surface area (Å²) < 4.78 is 37.6. The number of nitrogens with one attached hydrogen (secondary N) is 1. The van der Waals surface area contributed by atoms with Crippen molar-refractivity contribution in [1.29, 1.82) is 0 Å². The Balaban J connectivity index is 1.93. The molecule has 1 N–H and O–H groups in total. The van der Waals surface area contributed by atoms with Crippen molar-refractivity contribution in [3.63, 3.8) is 0 Å². The van der Waals surface area contributed by atoms with Gasteiger partial charge in [0.2, 0.25) is 10.0 Å². The third-order valence-electron chi connectivity index (χ3n) is 5.55. The van der Waals surface area contributed by atoms with Gasteiger partial charge >= 0.3 is 5.97 Å². The highest BCUT2D eigenvalue weighted by molar-refractivity contribution is 7.89. The first kappa shape index (κ1) is 27.9. The van der Waals surface area contributed by atoms with Gasteiger partial charge in [0.25, 0.3) is 5.91 Å². The Hall–Kier alpha value is -3.70. The first-order chi connectivity index (χ1) is 17.8. The summed E-state index contributed by atoms with van der Waals surface area (Å²) in [5, 5.41) is 8.60. The maximum absolute atomic E-state index is 13.4. The smallest absolute Gasteiger partial charge is 0.311 e. The van der Waals surface area contributed by atoms with Gasteiger partial charge < -0.3 is 14.8 Å². The van der Waals surface area contributed by atoms with E-state index in [2.05, 4.69) is 10.4 Å². The number of para-hydroxylation sites is 2. The molecule has 2 aromatic carbocycles. The van der Waals surface area contributed by atoms with Crippen LogP contribution in [0.15, 0.2) is 70.3 Å². The molecule has 0 atom stereocenters. The lowest BCUT2D eigenvalue weighted by Crippen LogP contribution is -2.30. The van der Waals surface area contributed by atoms with Crippen LogP contribution in [0.2, 0.25) is 0 Å². The van der Waals surface area contributed by atoms with Crippen molar-refractivity contribution in [2.75, 3.05) is 36.6 Å². The average molecular weight is 529 g/mol. The maximum Gasteiger partial charge on any atom is 0.311 e. The summed E-state index contributed by atoms with van der Waals surface area (Å²) in [5.41, 5.74) is 1.41. The van der Waals surface area contributed by atoms with Crippen molar-refractivity contribution in [2.24, 2.45) is 5.10 Å². The molecule has 0 unspecified atom stereocenters. The standard InChI is InChI=1S/C26H32N4O6S/c1-5-29(6-2)37(33,34)20-15-13-19(14-16-20)30-26(32)21(23(28-30)17-25(31)36-8-4)18-27-22-11-9-10-12-24(22)35-7-3/h9-16,18,27H,5-8,17H2,1-4H3/b21-18-. The normalized spacial score (nSPS) is 14.7. The summed E-state index contributed by atoms with van der Waals surface area (Å²) in [6.45, 7) is 8.47. The quantitative estimate of drug-likeness (QED) is 0.329. The van der Waals surface area contributed by atoms with Crippen LogP contribution in [0.4, 0.5) is 11.4 Å². The molecule has 0 radical (unpaired) electrons. The van der Waals surface area contributed by atoms with Gasteiger partial charge in [0.15, 0.2) is 0 Å². The highest BCUT2D eigenvalue weighted by atomic mass is 32.2. The largest absolute Gasteiger partial charge is 0.492 e. The Kier molecular flexibility index (Phi) is 9.42. The minimum absolute atomic E-state index is 0.118. The molecule has 0 fully saturated rings. The molecule has 0 spiro atoms. The summed E-state index contributed by atoms with van der Waals surface area (Å²) in [6, 6.07) is 13.2. The molecule has 0 bridgehead atoms. The number of sulfonamides is 1. The lowest BCUT2D eigenvalue weighted by molar-refractivity contribution is -0.141. The third kappa shape index (κ3) is 6.36. The molecule has 1 aliphatic heterocycles. The van der Waals surface area contributed by atoms with Crippen LogP contribution in [-0.4, -0.2) is 56.6 Å². The number of rotatable bonds is 12. The predicted octanol–water partition coefficient (Wildman–Crippen LogP) is 3.77. The second-order valence-electron chi connectivity index (χ2n) is 7.86. The topological polar surface area (TPSA) is 118 Å². The number of anilines is 2. The second kappa shape index (κ2) is 12.5. The minimum Gasteiger partial charge on any atom is -0.492 e. The lowest BCUT2D eigenvalue weighted by atomic mass is 10.1. The molecule has 10 nitrogen and oxygen atoms in total. The molecule has 0 aromatic heterocycles. The third-order valence-corrected chi connectivity index (χ3v) is 7.62. The zero-order chi connectivity index (χ0) is 27.0. The number of hydrazone groups is 1. The molecule has 0 saturated carbocycles. The van der Waals surface area contributed by atoms with Gasteiger partial charge in [-0.05, 0) is 50.2 Å². The van der Waals surface area contributed by atoms with Crippen LogP contribution >= 0.6 is 0 Å². The predicted molar refractivity (Wildman–Crippen MR) is 142 cm³/mol. The number of hydrogen-bond acceptors (Lipinski definition) is 8. The number of hydrogen-bond donors (Lipinski definition) is 1. The van der Waals surface area contributed by atoms with E-state index in [1.165, 1.54) is 34.8 Å². The zero-order valence-electron chi connectivity index (χ0n) is 21.4. The van der Waals surface area contributed by atoms with Crippen molar-refractivity contribution in [1.82, 2.24) is 4.31 Å². The average Bonchev–Trinajstić information content (AvgIpc) is 3.19. The van der Waals surface area contributed by atoms with Gasteiger partial charge in [0.05, 0.1) is 47.2 Å². The van der Waals surface area contributed by atoms with E-state index in [-0.39, 0.29) is 29.2 Å². The van der Waals surface area contributed by atoms with Gasteiger partial charge in [-0.2, -0.15) is 14.4 Å². The number of esters is 1. The van der Waals surface area contributed by atoms with E-state index in [9.17, 15) is 18.0 Å². The fraction of sp³-hybridized carbons (Fsp3) is 0.346. The molecular formula is C26H32N4O6S. The van der Waals surface area contributed by atoms with E-state index in [1.807, 2.05) is 19.1 Å². The summed E-state index contributed by atoms with van der Waals surface area (Å²) >= 11 is 0. The first-order valence-corrected chi connectivity index (χ1v) is 13.6. The highest BCUT2D eigenvalue weighted by Gasteiger charge is 2.33. The fourth-order valence-electron chi connectivity index (χ4n) is 3.75. The number of carbonyl (C=O) groups excluding carboxylic acids is 2. The molecular weight excluding hydrogens is 496 g/mol. The maximum atomic E-state index is 13.4. The van der Waals surface area contributed by atoms with Gasteiger partial charge in [-0.3, -0.25) is 9.59 Å². The van der Waals surface area contributed by atoms with E-state index in [0.717, 1.165) is 5.01 Å². The van der Waals surface area contributed by atoms with Crippen LogP contribution in [0.1, 0.15) is 34.1 Å². The van der Waals surface area contributed by atoms with Gasteiger partial charge in [-0.15, -0.1) is 0 Å². The Morgan fingerprint density at radius 2 is 1.70 bits per heavy atom. The van der Waals surface area contributed by atoms with Crippen LogP contribution in [0.3, 0.4) is 0 Å². The summed E-state index contributed by atoms with van der Waals surface area (Å²) in [5.74, 6) is -0.379. The van der Waals surface area contributed by atoms with Crippen molar-refractivity contribution in [2.45, 2.75) is 39.0 Å². The molecule has 198 valence electrons. The SMILES string of the molecule is CCOC(=O)CC1=NN(c2ccc(S(=O)(=O)N(CC)CC)cc2)C(=O)/C1=C\Nc1ccccc1OCC. The molecule has 2 aromatic rings. The molecule has 11 heteroatoms. The second-order valence-corrected chi connectivity index (χ2v) is 9.80. The van der Waals surface area contributed by atoms with Gasteiger partial charge in [0, 0.05) is 19.3 Å². The van der Waals surface area contributed by atoms with Crippen molar-refractivity contribution >= 4 is 39.0 Å². The van der Waals surface area contributed by atoms with Crippen LogP contribution in [-0.2, 0) is 24.3 Å². The summed E-state index contributed by atoms with van der Waals surface area (Å²) in [7, 11) is -3.65. The van der Waals surface area contributed by atoms with E-state index in [0.29, 0.717) is 36.8 Å². The Bertz CT molecular complexity index is 1280. The van der Waals surface area contributed by atoms with Gasteiger partial charge in [-0.25, -0.2) is 8.42 Å². The fourth-order valence-corrected chi connectivity index (χ4v) is 5.20. The number of benzene rings is 2. The molecule has 1 aliphatic rings. The van der Waals surface area contributed by atoms with E-state index in [4.69, 9.17) is 9.47 Å². The molecule has 0 saturated heterocycles. The number of carbonyl (C=O) groups is 2. The molecule has 1 heterocycles.